The first kappa shape index (κ1) is 11.2. The summed E-state index contributed by atoms with van der Waals surface area (Å²) in [5.41, 5.74) is -0.628. The predicted molar refractivity (Wildman–Crippen MR) is 60.8 cm³/mol. The highest BCUT2D eigenvalue weighted by atomic mass is 16.3. The SMILES string of the molecule is CCCCC1=NC2(CCCC2)C(=O)N1N=O. The van der Waals surface area contributed by atoms with Crippen molar-refractivity contribution in [3.05, 3.63) is 4.91 Å². The second-order valence-corrected chi connectivity index (χ2v) is 4.57. The molecule has 5 nitrogen and oxygen atoms in total. The van der Waals surface area contributed by atoms with E-state index in [1.807, 2.05) is 0 Å². The van der Waals surface area contributed by atoms with Gasteiger partial charge in [-0.15, -0.1) is 9.92 Å². The highest BCUT2D eigenvalue weighted by Gasteiger charge is 2.50. The Balaban J connectivity index is 2.20. The van der Waals surface area contributed by atoms with E-state index in [2.05, 4.69) is 17.2 Å². The van der Waals surface area contributed by atoms with Gasteiger partial charge in [0.05, 0.1) is 5.29 Å². The first-order valence-electron chi connectivity index (χ1n) is 6.00. The van der Waals surface area contributed by atoms with E-state index >= 15 is 0 Å². The molecule has 2 rings (SSSR count). The van der Waals surface area contributed by atoms with Crippen molar-refractivity contribution in [3.63, 3.8) is 0 Å². The third-order valence-corrected chi connectivity index (χ3v) is 3.44. The summed E-state index contributed by atoms with van der Waals surface area (Å²) in [5, 5.41) is 3.81. The molecule has 0 aromatic heterocycles. The molecule has 1 saturated carbocycles. The van der Waals surface area contributed by atoms with E-state index in [9.17, 15) is 9.70 Å². The molecule has 1 fully saturated rings. The Kier molecular flexibility index (Phi) is 3.03. The van der Waals surface area contributed by atoms with Crippen molar-refractivity contribution in [2.75, 3.05) is 0 Å². The van der Waals surface area contributed by atoms with Gasteiger partial charge in [0.2, 0.25) is 0 Å². The van der Waals surface area contributed by atoms with Crippen LogP contribution >= 0.6 is 0 Å². The van der Waals surface area contributed by atoms with Gasteiger partial charge in [-0.3, -0.25) is 9.79 Å². The van der Waals surface area contributed by atoms with Crippen LogP contribution in [0.2, 0.25) is 0 Å². The lowest BCUT2D eigenvalue weighted by Gasteiger charge is -2.16. The molecule has 0 saturated heterocycles. The van der Waals surface area contributed by atoms with Crippen molar-refractivity contribution in [1.29, 1.82) is 0 Å². The van der Waals surface area contributed by atoms with Crippen molar-refractivity contribution >= 4 is 11.7 Å². The van der Waals surface area contributed by atoms with E-state index < -0.39 is 5.54 Å². The fourth-order valence-corrected chi connectivity index (χ4v) is 2.52. The van der Waals surface area contributed by atoms with Crippen LogP contribution in [-0.4, -0.2) is 22.3 Å². The number of carbonyl (C=O) groups is 1. The van der Waals surface area contributed by atoms with Gasteiger partial charge in [-0.25, -0.2) is 0 Å². The Labute approximate surface area is 94.9 Å². The predicted octanol–water partition coefficient (Wildman–Crippen LogP) is 2.41. The van der Waals surface area contributed by atoms with Crippen LogP contribution in [0, 0.1) is 4.91 Å². The minimum atomic E-state index is -0.628. The van der Waals surface area contributed by atoms with Crippen molar-refractivity contribution in [2.24, 2.45) is 10.3 Å². The molecule has 5 heteroatoms. The molecule has 0 aromatic rings. The average Bonchev–Trinajstić information content (AvgIpc) is 2.85. The smallest absolute Gasteiger partial charge is 0.270 e. The lowest BCUT2D eigenvalue weighted by Crippen LogP contribution is -2.37. The molecule has 0 bridgehead atoms. The number of unbranched alkanes of at least 4 members (excludes halogenated alkanes) is 1. The van der Waals surface area contributed by atoms with Gasteiger partial charge in [0.15, 0.2) is 0 Å². The fourth-order valence-electron chi connectivity index (χ4n) is 2.52. The standard InChI is InChI=1S/C11H17N3O2/c1-2-3-6-9-12-11(7-4-5-8-11)10(15)14(9)13-16/h2-8H2,1H3. The molecule has 0 unspecified atom stereocenters. The summed E-state index contributed by atoms with van der Waals surface area (Å²) in [6.45, 7) is 2.07. The monoisotopic (exact) mass is 223 g/mol. The molecular weight excluding hydrogens is 206 g/mol. The maximum absolute atomic E-state index is 12.1. The molecular formula is C11H17N3O2. The molecule has 2 aliphatic rings. The Bertz CT molecular complexity index is 332. The quantitative estimate of drug-likeness (QED) is 0.687. The minimum Gasteiger partial charge on any atom is -0.270 e. The van der Waals surface area contributed by atoms with E-state index in [-0.39, 0.29) is 5.91 Å². The Morgan fingerprint density at radius 1 is 1.44 bits per heavy atom. The molecule has 1 aliphatic carbocycles. The first-order chi connectivity index (χ1) is 7.73. The van der Waals surface area contributed by atoms with Crippen LogP contribution in [0.5, 0.6) is 0 Å². The van der Waals surface area contributed by atoms with Gasteiger partial charge >= 0.3 is 0 Å². The van der Waals surface area contributed by atoms with Gasteiger partial charge in [-0.05, 0) is 19.3 Å². The van der Waals surface area contributed by atoms with Gasteiger partial charge in [0.25, 0.3) is 5.91 Å². The number of aliphatic imine (C=N–C) groups is 1. The number of nitroso groups, excluding NO2 is 1. The Morgan fingerprint density at radius 2 is 2.12 bits per heavy atom. The topological polar surface area (TPSA) is 62.1 Å². The number of nitrogens with zero attached hydrogens (tertiary/aromatic N) is 3. The molecule has 0 N–H and O–H groups in total. The highest BCUT2D eigenvalue weighted by molar-refractivity contribution is 6.07. The van der Waals surface area contributed by atoms with Gasteiger partial charge < -0.3 is 0 Å². The highest BCUT2D eigenvalue weighted by Crippen LogP contribution is 2.39. The molecule has 0 atom stereocenters. The normalized spacial score (nSPS) is 22.9. The Morgan fingerprint density at radius 3 is 2.69 bits per heavy atom. The Hall–Kier alpha value is -1.26. The fraction of sp³-hybridized carbons (Fsp3) is 0.818. The largest absolute Gasteiger partial charge is 0.279 e. The molecule has 0 radical (unpaired) electrons. The lowest BCUT2D eigenvalue weighted by molar-refractivity contribution is -0.131. The zero-order valence-corrected chi connectivity index (χ0v) is 9.61. The lowest BCUT2D eigenvalue weighted by atomic mass is 9.99. The zero-order valence-electron chi connectivity index (χ0n) is 9.61. The second kappa shape index (κ2) is 4.31. The molecule has 1 spiro atoms. The third-order valence-electron chi connectivity index (χ3n) is 3.44. The molecule has 1 amide bonds. The van der Waals surface area contributed by atoms with Crippen molar-refractivity contribution in [3.8, 4) is 0 Å². The van der Waals surface area contributed by atoms with Gasteiger partial charge in [0, 0.05) is 6.42 Å². The number of hydrogen-bond acceptors (Lipinski definition) is 4. The number of carbonyl (C=O) groups excluding carboxylic acids is 1. The van der Waals surface area contributed by atoms with Crippen LogP contribution in [0.4, 0.5) is 0 Å². The van der Waals surface area contributed by atoms with Crippen LogP contribution in [-0.2, 0) is 4.79 Å². The number of amidine groups is 1. The van der Waals surface area contributed by atoms with Crippen molar-refractivity contribution in [2.45, 2.75) is 57.4 Å². The van der Waals surface area contributed by atoms with Crippen LogP contribution in [0.3, 0.4) is 0 Å². The van der Waals surface area contributed by atoms with Crippen LogP contribution in [0.25, 0.3) is 0 Å². The summed E-state index contributed by atoms with van der Waals surface area (Å²) in [7, 11) is 0. The molecule has 0 aromatic carbocycles. The summed E-state index contributed by atoms with van der Waals surface area (Å²) in [4.78, 5) is 27.2. The summed E-state index contributed by atoms with van der Waals surface area (Å²) in [5.74, 6) is 0.370. The average molecular weight is 223 g/mol. The maximum atomic E-state index is 12.1. The van der Waals surface area contributed by atoms with E-state index in [0.29, 0.717) is 12.3 Å². The number of hydrogen-bond donors (Lipinski definition) is 0. The van der Waals surface area contributed by atoms with Gasteiger partial charge in [-0.2, -0.15) is 0 Å². The third kappa shape index (κ3) is 1.64. The van der Waals surface area contributed by atoms with Crippen LogP contribution in [0.15, 0.2) is 10.3 Å². The van der Waals surface area contributed by atoms with E-state index in [4.69, 9.17) is 0 Å². The second-order valence-electron chi connectivity index (χ2n) is 4.57. The molecule has 16 heavy (non-hydrogen) atoms. The maximum Gasteiger partial charge on any atom is 0.279 e. The number of rotatable bonds is 4. The molecule has 88 valence electrons. The van der Waals surface area contributed by atoms with Crippen LogP contribution in [0.1, 0.15) is 51.9 Å². The van der Waals surface area contributed by atoms with Gasteiger partial charge in [0.1, 0.15) is 11.4 Å². The summed E-state index contributed by atoms with van der Waals surface area (Å²) in [6.07, 6.45) is 6.21. The van der Waals surface area contributed by atoms with Crippen LogP contribution < -0.4 is 0 Å². The minimum absolute atomic E-state index is 0.203. The molecule has 1 aliphatic heterocycles. The van der Waals surface area contributed by atoms with Gasteiger partial charge in [-0.1, -0.05) is 26.2 Å². The van der Waals surface area contributed by atoms with E-state index in [1.165, 1.54) is 0 Å². The van der Waals surface area contributed by atoms with E-state index in [0.717, 1.165) is 43.5 Å². The summed E-state index contributed by atoms with van der Waals surface area (Å²) < 4.78 is 0. The number of amides is 1. The zero-order chi connectivity index (χ0) is 11.6. The first-order valence-corrected chi connectivity index (χ1v) is 6.00. The summed E-state index contributed by atoms with van der Waals surface area (Å²) >= 11 is 0. The van der Waals surface area contributed by atoms with Crippen molar-refractivity contribution < 1.29 is 4.79 Å². The van der Waals surface area contributed by atoms with E-state index in [1.54, 1.807) is 0 Å². The van der Waals surface area contributed by atoms with Crippen molar-refractivity contribution in [1.82, 2.24) is 5.01 Å². The summed E-state index contributed by atoms with van der Waals surface area (Å²) in [6, 6.07) is 0. The molecule has 1 heterocycles.